The van der Waals surface area contributed by atoms with Crippen LogP contribution in [0.3, 0.4) is 0 Å². The summed E-state index contributed by atoms with van der Waals surface area (Å²) in [5.41, 5.74) is 0. The standard InChI is InChI=1S/C12H16F2N4OS/c1-3-15-12-17-10(16-5-8(19)9(13)14)7-4-6(2)20-11(7)18-12/h4,8-9,19H,3,5H2,1-2H3,(H2,15,16,17,18). The molecule has 0 spiro atoms. The maximum atomic E-state index is 12.3. The molecule has 0 saturated carbocycles. The summed E-state index contributed by atoms with van der Waals surface area (Å²) in [7, 11) is 0. The highest BCUT2D eigenvalue weighted by Crippen LogP contribution is 2.29. The lowest BCUT2D eigenvalue weighted by Crippen LogP contribution is -2.27. The third kappa shape index (κ3) is 3.31. The first kappa shape index (κ1) is 14.9. The Kier molecular flexibility index (Phi) is 4.66. The average molecular weight is 302 g/mol. The summed E-state index contributed by atoms with van der Waals surface area (Å²) in [6.07, 6.45) is -4.50. The molecule has 2 aromatic rings. The van der Waals surface area contributed by atoms with Gasteiger partial charge in [0.15, 0.2) is 0 Å². The molecule has 0 fully saturated rings. The summed E-state index contributed by atoms with van der Waals surface area (Å²) >= 11 is 1.51. The Balaban J connectivity index is 2.29. The molecule has 1 atom stereocenters. The quantitative estimate of drug-likeness (QED) is 0.765. The predicted molar refractivity (Wildman–Crippen MR) is 76.8 cm³/mol. The molecule has 3 N–H and O–H groups in total. The number of halogens is 2. The van der Waals surface area contributed by atoms with Gasteiger partial charge in [-0.3, -0.25) is 0 Å². The van der Waals surface area contributed by atoms with E-state index >= 15 is 0 Å². The fourth-order valence-corrected chi connectivity index (χ4v) is 2.58. The molecule has 0 radical (unpaired) electrons. The third-order valence-electron chi connectivity index (χ3n) is 2.62. The van der Waals surface area contributed by atoms with Crippen molar-refractivity contribution in [3.63, 3.8) is 0 Å². The molecule has 0 aliphatic rings. The number of thiophene rings is 1. The normalized spacial score (nSPS) is 12.9. The molecule has 0 amide bonds. The highest BCUT2D eigenvalue weighted by atomic mass is 32.1. The first-order chi connectivity index (χ1) is 9.51. The molecule has 0 aliphatic carbocycles. The number of fused-ring (bicyclic) bond motifs is 1. The van der Waals surface area contributed by atoms with E-state index in [4.69, 9.17) is 5.11 Å². The lowest BCUT2D eigenvalue weighted by atomic mass is 10.3. The number of alkyl halides is 2. The molecule has 2 rings (SSSR count). The smallest absolute Gasteiger partial charge is 0.265 e. The first-order valence-corrected chi connectivity index (χ1v) is 7.05. The number of rotatable bonds is 6. The van der Waals surface area contributed by atoms with Crippen molar-refractivity contribution < 1.29 is 13.9 Å². The van der Waals surface area contributed by atoms with Gasteiger partial charge in [-0.15, -0.1) is 11.3 Å². The SMILES string of the molecule is CCNc1nc(NCC(O)C(F)F)c2cc(C)sc2n1. The van der Waals surface area contributed by atoms with E-state index in [1.54, 1.807) is 0 Å². The van der Waals surface area contributed by atoms with Crippen molar-refractivity contribution in [2.45, 2.75) is 26.4 Å². The Bertz CT molecular complexity index is 590. The minimum absolute atomic E-state index is 0.260. The monoisotopic (exact) mass is 302 g/mol. The Morgan fingerprint density at radius 1 is 1.35 bits per heavy atom. The number of anilines is 2. The first-order valence-electron chi connectivity index (χ1n) is 6.23. The third-order valence-corrected chi connectivity index (χ3v) is 3.56. The molecular formula is C12H16F2N4OS. The fourth-order valence-electron chi connectivity index (χ4n) is 1.70. The van der Waals surface area contributed by atoms with Crippen molar-refractivity contribution in [2.24, 2.45) is 0 Å². The highest BCUT2D eigenvalue weighted by molar-refractivity contribution is 7.18. The zero-order chi connectivity index (χ0) is 14.7. The van der Waals surface area contributed by atoms with Crippen LogP contribution in [0.25, 0.3) is 10.2 Å². The Morgan fingerprint density at radius 2 is 2.10 bits per heavy atom. The fraction of sp³-hybridized carbons (Fsp3) is 0.500. The second kappa shape index (κ2) is 6.27. The van der Waals surface area contributed by atoms with Crippen LogP contribution in [0.1, 0.15) is 11.8 Å². The number of aromatic nitrogens is 2. The summed E-state index contributed by atoms with van der Waals surface area (Å²) in [5.74, 6) is 0.894. The van der Waals surface area contributed by atoms with Crippen molar-refractivity contribution >= 4 is 33.3 Å². The van der Waals surface area contributed by atoms with E-state index in [0.29, 0.717) is 18.3 Å². The molecular weight excluding hydrogens is 286 g/mol. The number of aliphatic hydroxyl groups excluding tert-OH is 1. The van der Waals surface area contributed by atoms with Crippen LogP contribution < -0.4 is 10.6 Å². The number of hydrogen-bond acceptors (Lipinski definition) is 6. The second-order valence-corrected chi connectivity index (χ2v) is 5.52. The van der Waals surface area contributed by atoms with Gasteiger partial charge in [0.25, 0.3) is 6.43 Å². The summed E-state index contributed by atoms with van der Waals surface area (Å²) < 4.78 is 24.6. The highest BCUT2D eigenvalue weighted by Gasteiger charge is 2.18. The Morgan fingerprint density at radius 3 is 2.75 bits per heavy atom. The van der Waals surface area contributed by atoms with Gasteiger partial charge < -0.3 is 15.7 Å². The summed E-state index contributed by atoms with van der Waals surface area (Å²) in [4.78, 5) is 10.4. The molecule has 20 heavy (non-hydrogen) atoms. The van der Waals surface area contributed by atoms with E-state index in [9.17, 15) is 8.78 Å². The van der Waals surface area contributed by atoms with Gasteiger partial charge in [0.05, 0.1) is 5.39 Å². The number of hydrogen-bond donors (Lipinski definition) is 3. The van der Waals surface area contributed by atoms with Crippen LogP contribution in [-0.2, 0) is 0 Å². The van der Waals surface area contributed by atoms with Crippen LogP contribution in [0.4, 0.5) is 20.5 Å². The van der Waals surface area contributed by atoms with Crippen molar-refractivity contribution in [2.75, 3.05) is 23.7 Å². The zero-order valence-electron chi connectivity index (χ0n) is 11.2. The average Bonchev–Trinajstić information content (AvgIpc) is 2.76. The molecule has 2 heterocycles. The van der Waals surface area contributed by atoms with Crippen LogP contribution >= 0.6 is 11.3 Å². The summed E-state index contributed by atoms with van der Waals surface area (Å²) in [5, 5.41) is 15.7. The lowest BCUT2D eigenvalue weighted by molar-refractivity contribution is 0.00382. The van der Waals surface area contributed by atoms with E-state index in [1.807, 2.05) is 19.9 Å². The Hall–Kier alpha value is -1.54. The minimum Gasteiger partial charge on any atom is -0.385 e. The van der Waals surface area contributed by atoms with E-state index in [1.165, 1.54) is 11.3 Å². The van der Waals surface area contributed by atoms with Crippen LogP contribution in [-0.4, -0.2) is 40.7 Å². The molecule has 0 aromatic carbocycles. The van der Waals surface area contributed by atoms with Gasteiger partial charge in [0.2, 0.25) is 5.95 Å². The molecule has 0 aliphatic heterocycles. The zero-order valence-corrected chi connectivity index (χ0v) is 12.0. The van der Waals surface area contributed by atoms with Gasteiger partial charge in [0, 0.05) is 18.0 Å². The van der Waals surface area contributed by atoms with Gasteiger partial charge in [0.1, 0.15) is 16.8 Å². The van der Waals surface area contributed by atoms with Crippen molar-refractivity contribution in [3.05, 3.63) is 10.9 Å². The van der Waals surface area contributed by atoms with Gasteiger partial charge in [-0.2, -0.15) is 4.98 Å². The van der Waals surface area contributed by atoms with Gasteiger partial charge in [-0.05, 0) is 19.9 Å². The summed E-state index contributed by atoms with van der Waals surface area (Å²) in [6, 6.07) is 1.90. The molecule has 0 saturated heterocycles. The molecule has 0 bridgehead atoms. The van der Waals surface area contributed by atoms with Gasteiger partial charge in [-0.1, -0.05) is 0 Å². The maximum absolute atomic E-state index is 12.3. The molecule has 110 valence electrons. The van der Waals surface area contributed by atoms with Crippen molar-refractivity contribution in [1.29, 1.82) is 0 Å². The number of nitrogens with one attached hydrogen (secondary N) is 2. The van der Waals surface area contributed by atoms with E-state index in [0.717, 1.165) is 15.1 Å². The van der Waals surface area contributed by atoms with Gasteiger partial charge >= 0.3 is 0 Å². The molecule has 8 heteroatoms. The number of aryl methyl sites for hydroxylation is 1. The van der Waals surface area contributed by atoms with Crippen molar-refractivity contribution in [3.8, 4) is 0 Å². The summed E-state index contributed by atoms with van der Waals surface area (Å²) in [6.45, 7) is 4.26. The molecule has 1 unspecified atom stereocenters. The van der Waals surface area contributed by atoms with Gasteiger partial charge in [-0.25, -0.2) is 13.8 Å². The van der Waals surface area contributed by atoms with E-state index < -0.39 is 12.5 Å². The van der Waals surface area contributed by atoms with Crippen LogP contribution in [0.15, 0.2) is 6.07 Å². The number of nitrogens with zero attached hydrogens (tertiary/aromatic N) is 2. The van der Waals surface area contributed by atoms with E-state index in [2.05, 4.69) is 20.6 Å². The largest absolute Gasteiger partial charge is 0.385 e. The molecule has 2 aromatic heterocycles. The Labute approximate surface area is 119 Å². The minimum atomic E-state index is -2.78. The van der Waals surface area contributed by atoms with Crippen LogP contribution in [0.2, 0.25) is 0 Å². The topological polar surface area (TPSA) is 70.1 Å². The predicted octanol–water partition coefficient (Wildman–Crippen LogP) is 2.47. The maximum Gasteiger partial charge on any atom is 0.265 e. The van der Waals surface area contributed by atoms with E-state index in [-0.39, 0.29) is 6.54 Å². The lowest BCUT2D eigenvalue weighted by Gasteiger charge is -2.12. The second-order valence-electron chi connectivity index (χ2n) is 4.28. The van der Waals surface area contributed by atoms with Crippen LogP contribution in [0, 0.1) is 6.92 Å². The number of aliphatic hydroxyl groups is 1. The molecule has 5 nitrogen and oxygen atoms in total. The van der Waals surface area contributed by atoms with Crippen LogP contribution in [0.5, 0.6) is 0 Å². The van der Waals surface area contributed by atoms with Crippen molar-refractivity contribution in [1.82, 2.24) is 9.97 Å².